The van der Waals surface area contributed by atoms with E-state index in [0.717, 1.165) is 34.4 Å². The van der Waals surface area contributed by atoms with Gasteiger partial charge >= 0.3 is 0 Å². The van der Waals surface area contributed by atoms with E-state index in [4.69, 9.17) is 0 Å². The van der Waals surface area contributed by atoms with Gasteiger partial charge in [-0.1, -0.05) is 129 Å². The fourth-order valence-electron chi connectivity index (χ4n) is 3.40. The predicted octanol–water partition coefficient (Wildman–Crippen LogP) is 9.36. The Morgan fingerprint density at radius 2 is 1.33 bits per heavy atom. The summed E-state index contributed by atoms with van der Waals surface area (Å²) in [4.78, 5) is 0. The maximum absolute atomic E-state index is 4.20. The summed E-state index contributed by atoms with van der Waals surface area (Å²) in [5.74, 6) is 0. The summed E-state index contributed by atoms with van der Waals surface area (Å²) in [6.45, 7) is 16.5. The van der Waals surface area contributed by atoms with Crippen LogP contribution in [-0.4, -0.2) is 6.54 Å². The van der Waals surface area contributed by atoms with Gasteiger partial charge in [-0.2, -0.15) is 0 Å². The fourth-order valence-corrected chi connectivity index (χ4v) is 3.40. The molecule has 0 aromatic heterocycles. The summed E-state index contributed by atoms with van der Waals surface area (Å²) in [6.07, 6.45) is 28.1. The monoisotopic (exact) mass is 471 g/mol. The molecule has 2 rings (SSSR count). The average molecular weight is 472 g/mol. The Balaban J connectivity index is 2.26. The molecule has 0 aliphatic rings. The molecule has 2 aromatic carbocycles. The highest BCUT2D eigenvalue weighted by Crippen LogP contribution is 2.24. The van der Waals surface area contributed by atoms with Gasteiger partial charge in [-0.15, -0.1) is 6.58 Å². The van der Waals surface area contributed by atoms with Crippen LogP contribution in [0.25, 0.3) is 22.8 Å². The second-order valence-electron chi connectivity index (χ2n) is 7.96. The molecule has 1 nitrogen and oxygen atoms in total. The lowest BCUT2D eigenvalue weighted by Gasteiger charge is -2.07. The van der Waals surface area contributed by atoms with E-state index >= 15 is 0 Å². The summed E-state index contributed by atoms with van der Waals surface area (Å²) in [5, 5.41) is 3.12. The molecule has 0 aliphatic carbocycles. The number of rotatable bonds is 13. The van der Waals surface area contributed by atoms with Gasteiger partial charge in [-0.05, 0) is 71.2 Å². The van der Waals surface area contributed by atoms with Crippen molar-refractivity contribution in [2.24, 2.45) is 0 Å². The van der Waals surface area contributed by atoms with Crippen LogP contribution in [0, 0.1) is 0 Å². The van der Waals surface area contributed by atoms with Gasteiger partial charge in [-0.25, -0.2) is 0 Å². The van der Waals surface area contributed by atoms with Gasteiger partial charge in [0.1, 0.15) is 0 Å². The highest BCUT2D eigenvalue weighted by molar-refractivity contribution is 5.88. The summed E-state index contributed by atoms with van der Waals surface area (Å²) < 4.78 is 0. The second kappa shape index (κ2) is 16.3. The van der Waals surface area contributed by atoms with Crippen LogP contribution in [0.2, 0.25) is 0 Å². The molecular weight excluding hydrogens is 434 g/mol. The van der Waals surface area contributed by atoms with E-state index in [-0.39, 0.29) is 0 Å². The van der Waals surface area contributed by atoms with Gasteiger partial charge in [0.25, 0.3) is 0 Å². The van der Waals surface area contributed by atoms with Crippen LogP contribution in [0.1, 0.15) is 36.1 Å². The molecule has 0 saturated heterocycles. The summed E-state index contributed by atoms with van der Waals surface area (Å²) in [7, 11) is 0. The van der Waals surface area contributed by atoms with Crippen molar-refractivity contribution >= 4 is 22.8 Å². The molecule has 0 aliphatic heterocycles. The second-order valence-corrected chi connectivity index (χ2v) is 7.96. The largest absolute Gasteiger partial charge is 0.387 e. The normalized spacial score (nSPS) is 12.9. The van der Waals surface area contributed by atoms with E-state index in [1.54, 1.807) is 6.08 Å². The van der Waals surface area contributed by atoms with Crippen LogP contribution in [-0.2, 0) is 0 Å². The lowest BCUT2D eigenvalue weighted by Crippen LogP contribution is -2.02. The van der Waals surface area contributed by atoms with Crippen molar-refractivity contribution in [3.63, 3.8) is 0 Å². The molecule has 1 N–H and O–H groups in total. The Morgan fingerprint density at radius 1 is 0.722 bits per heavy atom. The van der Waals surface area contributed by atoms with Crippen LogP contribution in [0.4, 0.5) is 0 Å². The van der Waals surface area contributed by atoms with Gasteiger partial charge in [0.15, 0.2) is 0 Å². The first kappa shape index (κ1) is 27.9. The number of benzene rings is 2. The molecule has 36 heavy (non-hydrogen) atoms. The topological polar surface area (TPSA) is 12.0 Å². The maximum Gasteiger partial charge on any atom is 0.0322 e. The summed E-state index contributed by atoms with van der Waals surface area (Å²) in [5.41, 5.74) is 7.85. The van der Waals surface area contributed by atoms with Gasteiger partial charge in [0.2, 0.25) is 0 Å². The van der Waals surface area contributed by atoms with E-state index in [1.807, 2.05) is 62.6 Å². The van der Waals surface area contributed by atoms with Crippen LogP contribution in [0.15, 0.2) is 147 Å². The molecule has 0 spiro atoms. The first-order valence-corrected chi connectivity index (χ1v) is 12.2. The summed E-state index contributed by atoms with van der Waals surface area (Å²) >= 11 is 0. The molecule has 0 saturated carbocycles. The molecule has 0 fully saturated rings. The first-order chi connectivity index (χ1) is 17.6. The lowest BCUT2D eigenvalue weighted by atomic mass is 9.97. The third-order valence-electron chi connectivity index (χ3n) is 5.34. The Kier molecular flexibility index (Phi) is 12.6. The minimum absolute atomic E-state index is 0.749. The van der Waals surface area contributed by atoms with Gasteiger partial charge in [0, 0.05) is 6.54 Å². The maximum atomic E-state index is 4.20. The van der Waals surface area contributed by atoms with Crippen LogP contribution >= 0.6 is 0 Å². The Morgan fingerprint density at radius 3 is 1.97 bits per heavy atom. The standard InChI is InChI=1S/C35H37N/c1-6-10-12-17-35(28-30-18-20-33(21-19-30)31(9-4)16-11-7-2)34-24-22-32(23-25-34)29(5)15-13-14-27-36-26-8-3/h6-25,27-28,36H,2-3,5,26H2,1,4H3/b10-6+,15-13-,16-11-,17-12-,27-14+,31-9+,35-28+. The zero-order chi connectivity index (χ0) is 26.0. The van der Waals surface area contributed by atoms with E-state index in [1.165, 1.54) is 11.1 Å². The molecule has 0 radical (unpaired) electrons. The molecule has 0 unspecified atom stereocenters. The molecule has 0 bridgehead atoms. The molecule has 2 aromatic rings. The van der Waals surface area contributed by atoms with Crippen molar-refractivity contribution in [1.29, 1.82) is 0 Å². The number of nitrogens with one attached hydrogen (secondary N) is 1. The minimum Gasteiger partial charge on any atom is -0.387 e. The number of hydrogen-bond donors (Lipinski definition) is 1. The van der Waals surface area contributed by atoms with Gasteiger partial charge in [-0.3, -0.25) is 0 Å². The fraction of sp³-hybridized carbons (Fsp3) is 0.0857. The third-order valence-corrected chi connectivity index (χ3v) is 5.34. The summed E-state index contributed by atoms with van der Waals surface area (Å²) in [6, 6.07) is 17.2. The first-order valence-electron chi connectivity index (χ1n) is 12.2. The highest BCUT2D eigenvalue weighted by atomic mass is 14.8. The Hall–Kier alpha value is -4.36. The van der Waals surface area contributed by atoms with E-state index in [2.05, 4.69) is 104 Å². The number of hydrogen-bond acceptors (Lipinski definition) is 1. The molecule has 0 amide bonds. The van der Waals surface area contributed by atoms with Crippen molar-refractivity contribution in [3.05, 3.63) is 170 Å². The van der Waals surface area contributed by atoms with Gasteiger partial charge in [0.05, 0.1) is 0 Å². The third kappa shape index (κ3) is 9.48. The van der Waals surface area contributed by atoms with Crippen molar-refractivity contribution in [3.8, 4) is 0 Å². The molecule has 0 atom stereocenters. The van der Waals surface area contributed by atoms with Crippen LogP contribution in [0.3, 0.4) is 0 Å². The van der Waals surface area contributed by atoms with Crippen molar-refractivity contribution < 1.29 is 0 Å². The van der Waals surface area contributed by atoms with E-state index in [0.29, 0.717) is 0 Å². The van der Waals surface area contributed by atoms with Crippen molar-refractivity contribution in [2.75, 3.05) is 6.54 Å². The average Bonchev–Trinajstić information content (AvgIpc) is 2.91. The molecule has 1 heteroatoms. The molecule has 0 heterocycles. The van der Waals surface area contributed by atoms with Crippen molar-refractivity contribution in [1.82, 2.24) is 5.32 Å². The van der Waals surface area contributed by atoms with Crippen molar-refractivity contribution in [2.45, 2.75) is 13.8 Å². The highest BCUT2D eigenvalue weighted by Gasteiger charge is 2.02. The SMILES string of the molecule is C=C/C=C\C(=C/C)c1ccc(\C=C(/C=C\C=C\C)c2ccc(C(=C)/C=C\C=C\NCC=C)cc2)cc1. The number of allylic oxidation sites excluding steroid dienone is 14. The predicted molar refractivity (Wildman–Crippen MR) is 163 cm³/mol. The van der Waals surface area contributed by atoms with Crippen LogP contribution in [0.5, 0.6) is 0 Å². The molecular formula is C35H37N. The zero-order valence-corrected chi connectivity index (χ0v) is 21.5. The Bertz CT molecular complexity index is 1200. The smallest absolute Gasteiger partial charge is 0.0322 e. The lowest BCUT2D eigenvalue weighted by molar-refractivity contribution is 0.988. The van der Waals surface area contributed by atoms with E-state index < -0.39 is 0 Å². The minimum atomic E-state index is 0.749. The quantitative estimate of drug-likeness (QED) is 0.133. The zero-order valence-electron chi connectivity index (χ0n) is 21.5. The molecule has 182 valence electrons. The van der Waals surface area contributed by atoms with Crippen LogP contribution < -0.4 is 5.32 Å². The Labute approximate surface area is 218 Å². The van der Waals surface area contributed by atoms with Gasteiger partial charge < -0.3 is 5.32 Å². The van der Waals surface area contributed by atoms with E-state index in [9.17, 15) is 0 Å².